The molecule has 6 nitrogen and oxygen atoms in total. The van der Waals surface area contributed by atoms with Crippen LogP contribution in [-0.4, -0.2) is 25.9 Å². The maximum atomic E-state index is 13.8. The average molecular weight is 515 g/mol. The number of nitrogens with one attached hydrogen (secondary N) is 2. The van der Waals surface area contributed by atoms with Crippen LogP contribution < -0.4 is 20.1 Å². The van der Waals surface area contributed by atoms with Crippen LogP contribution in [0.2, 0.25) is 0 Å². The molecule has 7 heteroatoms. The molecule has 2 heterocycles. The third-order valence-corrected chi connectivity index (χ3v) is 7.84. The van der Waals surface area contributed by atoms with Gasteiger partial charge in [-0.3, -0.25) is 9.59 Å². The lowest BCUT2D eigenvalue weighted by Gasteiger charge is -2.36. The maximum absolute atomic E-state index is 13.8. The van der Waals surface area contributed by atoms with Gasteiger partial charge in [-0.1, -0.05) is 23.8 Å². The van der Waals surface area contributed by atoms with Crippen LogP contribution >= 0.6 is 11.3 Å². The Bertz CT molecular complexity index is 1400. The minimum absolute atomic E-state index is 0.00239. The van der Waals surface area contributed by atoms with Crippen LogP contribution in [-0.2, 0) is 9.59 Å². The number of allylic oxidation sites excluding steroid dienone is 3. The highest BCUT2D eigenvalue weighted by Gasteiger charge is 2.41. The first kappa shape index (κ1) is 24.8. The smallest absolute Gasteiger partial charge is 0.254 e. The Kier molecular flexibility index (Phi) is 6.89. The van der Waals surface area contributed by atoms with Gasteiger partial charge < -0.3 is 20.1 Å². The molecule has 0 radical (unpaired) electrons. The molecule has 37 heavy (non-hydrogen) atoms. The number of amides is 1. The number of ether oxygens (including phenoxy) is 2. The number of methoxy groups -OCH3 is 2. The fourth-order valence-electron chi connectivity index (χ4n) is 5.29. The fraction of sp³-hybridized carbons (Fsp3) is 0.267. The molecule has 1 aliphatic heterocycles. The molecule has 0 spiro atoms. The van der Waals surface area contributed by atoms with Crippen molar-refractivity contribution < 1.29 is 19.1 Å². The van der Waals surface area contributed by atoms with Crippen molar-refractivity contribution in [2.45, 2.75) is 38.5 Å². The predicted octanol–water partition coefficient (Wildman–Crippen LogP) is 6.07. The van der Waals surface area contributed by atoms with Gasteiger partial charge in [-0.2, -0.15) is 11.3 Å². The summed E-state index contributed by atoms with van der Waals surface area (Å²) in [5, 5.41) is 10.5. The Morgan fingerprint density at radius 1 is 0.973 bits per heavy atom. The zero-order valence-electron chi connectivity index (χ0n) is 21.4. The van der Waals surface area contributed by atoms with Gasteiger partial charge in [0.15, 0.2) is 17.3 Å². The highest BCUT2D eigenvalue weighted by atomic mass is 32.1. The number of aryl methyl sites for hydroxylation is 1. The Morgan fingerprint density at radius 3 is 2.41 bits per heavy atom. The van der Waals surface area contributed by atoms with Gasteiger partial charge in [-0.05, 0) is 78.4 Å². The number of ketones is 1. The van der Waals surface area contributed by atoms with E-state index in [2.05, 4.69) is 10.6 Å². The van der Waals surface area contributed by atoms with Crippen LogP contribution in [0, 0.1) is 6.92 Å². The third kappa shape index (κ3) is 4.79. The summed E-state index contributed by atoms with van der Waals surface area (Å²) < 4.78 is 10.9. The van der Waals surface area contributed by atoms with E-state index in [9.17, 15) is 9.59 Å². The Morgan fingerprint density at radius 2 is 1.73 bits per heavy atom. The second kappa shape index (κ2) is 10.3. The van der Waals surface area contributed by atoms with E-state index in [0.29, 0.717) is 35.5 Å². The number of hydrogen-bond acceptors (Lipinski definition) is 6. The summed E-state index contributed by atoms with van der Waals surface area (Å²) in [6, 6.07) is 15.5. The molecule has 5 rings (SSSR count). The van der Waals surface area contributed by atoms with Gasteiger partial charge in [-0.15, -0.1) is 0 Å². The number of anilines is 1. The first-order valence-corrected chi connectivity index (χ1v) is 13.2. The van der Waals surface area contributed by atoms with E-state index in [-0.39, 0.29) is 17.6 Å². The summed E-state index contributed by atoms with van der Waals surface area (Å²) >= 11 is 1.57. The minimum Gasteiger partial charge on any atom is -0.493 e. The number of dihydropyridines is 1. The molecule has 2 aliphatic rings. The number of hydrogen-bond donors (Lipinski definition) is 2. The van der Waals surface area contributed by atoms with Gasteiger partial charge in [0, 0.05) is 40.6 Å². The Balaban J connectivity index is 1.50. The standard InChI is InChI=1S/C30H30N2O4S/c1-17-5-8-22(9-6-17)32-30(34)27-18(2)31-23-13-21(19-7-10-25(35-3)26(15-19)36-4)14-24(33)29(23)28(27)20-11-12-37-16-20/h5-12,15-16,21,28,31H,13-14H2,1-4H3,(H,32,34)/t21-,28-/m1/s1. The molecule has 2 aromatic carbocycles. The second-order valence-corrected chi connectivity index (χ2v) is 10.3. The molecule has 0 unspecified atom stereocenters. The largest absolute Gasteiger partial charge is 0.493 e. The number of carbonyl (C=O) groups excluding carboxylic acids is 2. The molecular formula is C30H30N2O4S. The average Bonchev–Trinajstić information content (AvgIpc) is 3.43. The quantitative estimate of drug-likeness (QED) is 0.417. The zero-order valence-corrected chi connectivity index (χ0v) is 22.2. The van der Waals surface area contributed by atoms with E-state index in [1.807, 2.05) is 73.1 Å². The molecule has 0 bridgehead atoms. The lowest BCUT2D eigenvalue weighted by molar-refractivity contribution is -0.116. The lowest BCUT2D eigenvalue weighted by Crippen LogP contribution is -2.36. The monoisotopic (exact) mass is 514 g/mol. The highest BCUT2D eigenvalue weighted by molar-refractivity contribution is 7.08. The van der Waals surface area contributed by atoms with Crippen LogP contribution in [0.3, 0.4) is 0 Å². The molecule has 0 fully saturated rings. The SMILES string of the molecule is COc1ccc([C@H]2CC(=O)C3=C(C2)NC(C)=C(C(=O)Nc2ccc(C)cc2)[C@H]3c2ccsc2)cc1OC. The van der Waals surface area contributed by atoms with E-state index in [1.54, 1.807) is 25.6 Å². The molecule has 1 aromatic heterocycles. The first-order valence-electron chi connectivity index (χ1n) is 12.3. The van der Waals surface area contributed by atoms with Crippen LogP contribution in [0.4, 0.5) is 5.69 Å². The van der Waals surface area contributed by atoms with Crippen molar-refractivity contribution in [3.63, 3.8) is 0 Å². The van der Waals surface area contributed by atoms with E-state index >= 15 is 0 Å². The fourth-order valence-corrected chi connectivity index (χ4v) is 5.98. The van der Waals surface area contributed by atoms with Crippen LogP contribution in [0.15, 0.2) is 81.8 Å². The van der Waals surface area contributed by atoms with Gasteiger partial charge in [0.25, 0.3) is 5.91 Å². The van der Waals surface area contributed by atoms with E-state index in [0.717, 1.165) is 33.8 Å². The Labute approximate surface area is 221 Å². The minimum atomic E-state index is -0.410. The molecule has 2 atom stereocenters. The van der Waals surface area contributed by atoms with Crippen molar-refractivity contribution in [3.05, 3.63) is 98.5 Å². The number of rotatable bonds is 6. The first-order chi connectivity index (χ1) is 17.9. The van der Waals surface area contributed by atoms with Crippen LogP contribution in [0.1, 0.15) is 48.3 Å². The third-order valence-electron chi connectivity index (χ3n) is 7.14. The normalized spacial score (nSPS) is 19.3. The van der Waals surface area contributed by atoms with E-state index in [4.69, 9.17) is 9.47 Å². The lowest BCUT2D eigenvalue weighted by atomic mass is 9.72. The number of Topliss-reactive ketones (excluding diaryl/α,β-unsaturated/α-hetero) is 1. The second-order valence-electron chi connectivity index (χ2n) is 9.51. The molecule has 2 N–H and O–H groups in total. The van der Waals surface area contributed by atoms with Crippen molar-refractivity contribution in [1.29, 1.82) is 0 Å². The molecule has 0 saturated carbocycles. The van der Waals surface area contributed by atoms with Gasteiger partial charge in [0.1, 0.15) is 0 Å². The van der Waals surface area contributed by atoms with Crippen molar-refractivity contribution in [1.82, 2.24) is 5.32 Å². The summed E-state index contributed by atoms with van der Waals surface area (Å²) in [4.78, 5) is 27.4. The molecule has 3 aromatic rings. The number of carbonyl (C=O) groups is 2. The van der Waals surface area contributed by atoms with E-state index in [1.165, 1.54) is 0 Å². The summed E-state index contributed by atoms with van der Waals surface area (Å²) in [5.74, 6) is 0.740. The van der Waals surface area contributed by atoms with Gasteiger partial charge in [-0.25, -0.2) is 0 Å². The van der Waals surface area contributed by atoms with Gasteiger partial charge in [0.05, 0.1) is 14.2 Å². The molecule has 190 valence electrons. The van der Waals surface area contributed by atoms with Crippen molar-refractivity contribution in [2.24, 2.45) is 0 Å². The topological polar surface area (TPSA) is 76.7 Å². The van der Waals surface area contributed by atoms with Crippen LogP contribution in [0.25, 0.3) is 0 Å². The maximum Gasteiger partial charge on any atom is 0.254 e. The highest BCUT2D eigenvalue weighted by Crippen LogP contribution is 2.46. The van der Waals surface area contributed by atoms with Crippen LogP contribution in [0.5, 0.6) is 11.5 Å². The number of thiophene rings is 1. The van der Waals surface area contributed by atoms with Crippen molar-refractivity contribution >= 4 is 28.7 Å². The van der Waals surface area contributed by atoms with Crippen molar-refractivity contribution in [3.8, 4) is 11.5 Å². The van der Waals surface area contributed by atoms with Gasteiger partial charge in [0.2, 0.25) is 0 Å². The number of benzene rings is 2. The Hall–Kier alpha value is -3.84. The van der Waals surface area contributed by atoms with E-state index < -0.39 is 5.92 Å². The molecule has 1 amide bonds. The zero-order chi connectivity index (χ0) is 26.1. The summed E-state index contributed by atoms with van der Waals surface area (Å²) in [7, 11) is 3.22. The summed E-state index contributed by atoms with van der Waals surface area (Å²) in [5.41, 5.74) is 6.75. The molecular weight excluding hydrogens is 484 g/mol. The molecule has 0 saturated heterocycles. The van der Waals surface area contributed by atoms with Crippen molar-refractivity contribution in [2.75, 3.05) is 19.5 Å². The molecule has 1 aliphatic carbocycles. The summed E-state index contributed by atoms with van der Waals surface area (Å²) in [6.45, 7) is 3.92. The summed E-state index contributed by atoms with van der Waals surface area (Å²) in [6.07, 6.45) is 1.03. The van der Waals surface area contributed by atoms with Gasteiger partial charge >= 0.3 is 0 Å². The predicted molar refractivity (Wildman–Crippen MR) is 146 cm³/mol.